The fraction of sp³-hybridized carbons (Fsp3) is 0.133. The number of hydrogen-bond donors (Lipinski definition) is 1. The second-order valence-electron chi connectivity index (χ2n) is 4.80. The SMILES string of the molecule is COc1c2occc2c(N=C2NC(=O)CS2)c2ccc(=O)oc12. The summed E-state index contributed by atoms with van der Waals surface area (Å²) >= 11 is 1.31. The van der Waals surface area contributed by atoms with Crippen molar-refractivity contribution in [3.8, 4) is 5.75 Å². The number of thioether (sulfide) groups is 1. The molecule has 0 radical (unpaired) electrons. The standard InChI is InChI=1S/C15H10N2O5S/c1-20-14-12-8(4-5-21-12)11(17-15-16-9(18)6-23-15)7-2-3-10(19)22-13(7)14/h2-5H,6H2,1H3,(H,16,17,18). The molecule has 1 saturated heterocycles. The van der Waals surface area contributed by atoms with Crippen LogP contribution in [0.25, 0.3) is 21.9 Å². The highest BCUT2D eigenvalue weighted by Crippen LogP contribution is 2.43. The number of ether oxygens (including phenoxy) is 1. The summed E-state index contributed by atoms with van der Waals surface area (Å²) in [7, 11) is 1.47. The third-order valence-electron chi connectivity index (χ3n) is 3.43. The van der Waals surface area contributed by atoms with Gasteiger partial charge in [-0.25, -0.2) is 9.79 Å². The number of benzene rings is 1. The first-order valence-electron chi connectivity index (χ1n) is 6.69. The third-order valence-corrected chi connectivity index (χ3v) is 4.30. The van der Waals surface area contributed by atoms with E-state index in [-0.39, 0.29) is 11.5 Å². The molecular formula is C15H10N2O5S. The Kier molecular flexibility index (Phi) is 3.12. The summed E-state index contributed by atoms with van der Waals surface area (Å²) in [6, 6.07) is 4.69. The molecule has 0 atom stereocenters. The Morgan fingerprint density at radius 2 is 2.04 bits per heavy atom. The summed E-state index contributed by atoms with van der Waals surface area (Å²) in [6.45, 7) is 0. The highest BCUT2D eigenvalue weighted by atomic mass is 32.2. The van der Waals surface area contributed by atoms with Crippen LogP contribution in [0.15, 0.2) is 43.1 Å². The molecule has 0 bridgehead atoms. The van der Waals surface area contributed by atoms with Crippen LogP contribution in [0.5, 0.6) is 5.75 Å². The number of fused-ring (bicyclic) bond motifs is 2. The first-order chi connectivity index (χ1) is 11.2. The van der Waals surface area contributed by atoms with E-state index in [1.807, 2.05) is 0 Å². The van der Waals surface area contributed by atoms with Gasteiger partial charge in [0.15, 0.2) is 16.3 Å². The van der Waals surface area contributed by atoms with Crippen molar-refractivity contribution >= 4 is 50.5 Å². The molecule has 1 aliphatic heterocycles. The van der Waals surface area contributed by atoms with E-state index in [1.165, 1.54) is 31.2 Å². The average Bonchev–Trinajstić information content (AvgIpc) is 3.16. The number of amidine groups is 1. The molecule has 0 spiro atoms. The number of rotatable bonds is 2. The second kappa shape index (κ2) is 5.17. The molecule has 0 aliphatic carbocycles. The summed E-state index contributed by atoms with van der Waals surface area (Å²) in [6.07, 6.45) is 1.51. The molecule has 1 aliphatic rings. The van der Waals surface area contributed by atoms with E-state index in [1.54, 1.807) is 12.1 Å². The Morgan fingerprint density at radius 1 is 1.22 bits per heavy atom. The molecule has 116 valence electrons. The number of nitrogens with one attached hydrogen (secondary N) is 1. The van der Waals surface area contributed by atoms with Crippen LogP contribution in [0.3, 0.4) is 0 Å². The Morgan fingerprint density at radius 3 is 2.78 bits per heavy atom. The molecule has 0 unspecified atom stereocenters. The average molecular weight is 330 g/mol. The summed E-state index contributed by atoms with van der Waals surface area (Å²) in [5, 5.41) is 4.49. The van der Waals surface area contributed by atoms with Crippen LogP contribution in [0.1, 0.15) is 0 Å². The van der Waals surface area contributed by atoms with Crippen molar-refractivity contribution in [2.24, 2.45) is 4.99 Å². The number of methoxy groups -OCH3 is 1. The summed E-state index contributed by atoms with van der Waals surface area (Å²) in [4.78, 5) is 27.4. The van der Waals surface area contributed by atoms with E-state index in [0.29, 0.717) is 38.7 Å². The van der Waals surface area contributed by atoms with Crippen molar-refractivity contribution in [1.29, 1.82) is 0 Å². The van der Waals surface area contributed by atoms with E-state index in [4.69, 9.17) is 13.6 Å². The minimum absolute atomic E-state index is 0.0958. The molecule has 1 fully saturated rings. The van der Waals surface area contributed by atoms with Crippen molar-refractivity contribution in [3.63, 3.8) is 0 Å². The number of furan rings is 1. The zero-order valence-electron chi connectivity index (χ0n) is 11.9. The summed E-state index contributed by atoms with van der Waals surface area (Å²) in [5.74, 6) is 0.572. The van der Waals surface area contributed by atoms with Crippen LogP contribution >= 0.6 is 11.8 Å². The number of hydrogen-bond acceptors (Lipinski definition) is 7. The molecule has 1 N–H and O–H groups in total. The summed E-state index contributed by atoms with van der Waals surface area (Å²) in [5.41, 5.74) is 0.751. The van der Waals surface area contributed by atoms with Crippen LogP contribution in [0.2, 0.25) is 0 Å². The minimum atomic E-state index is -0.496. The maximum Gasteiger partial charge on any atom is 0.336 e. The van der Waals surface area contributed by atoms with Crippen molar-refractivity contribution < 1.29 is 18.4 Å². The molecule has 23 heavy (non-hydrogen) atoms. The van der Waals surface area contributed by atoms with Gasteiger partial charge in [-0.1, -0.05) is 11.8 Å². The molecule has 4 rings (SSSR count). The van der Waals surface area contributed by atoms with Crippen molar-refractivity contribution in [1.82, 2.24) is 5.32 Å². The molecule has 8 heteroatoms. The fourth-order valence-electron chi connectivity index (χ4n) is 2.48. The monoisotopic (exact) mass is 330 g/mol. The lowest BCUT2D eigenvalue weighted by Crippen LogP contribution is -2.19. The first-order valence-corrected chi connectivity index (χ1v) is 7.68. The lowest BCUT2D eigenvalue weighted by Gasteiger charge is -2.08. The zero-order valence-corrected chi connectivity index (χ0v) is 12.7. The number of nitrogens with zero attached hydrogens (tertiary/aromatic N) is 1. The molecular weight excluding hydrogens is 320 g/mol. The van der Waals surface area contributed by atoms with E-state index in [0.717, 1.165) is 0 Å². The Balaban J connectivity index is 2.10. The normalized spacial score (nSPS) is 16.4. The maximum atomic E-state index is 11.6. The van der Waals surface area contributed by atoms with Gasteiger partial charge in [-0.05, 0) is 12.1 Å². The Bertz CT molecular complexity index is 1030. The lowest BCUT2D eigenvalue weighted by molar-refractivity contribution is -0.116. The van der Waals surface area contributed by atoms with Crippen LogP contribution in [0, 0.1) is 0 Å². The van der Waals surface area contributed by atoms with Gasteiger partial charge in [0, 0.05) is 11.5 Å². The largest absolute Gasteiger partial charge is 0.490 e. The predicted octanol–water partition coefficient (Wildman–Crippen LogP) is 2.40. The van der Waals surface area contributed by atoms with Crippen molar-refractivity contribution in [2.75, 3.05) is 12.9 Å². The van der Waals surface area contributed by atoms with Crippen molar-refractivity contribution in [3.05, 3.63) is 34.9 Å². The van der Waals surface area contributed by atoms with Gasteiger partial charge in [-0.3, -0.25) is 4.79 Å². The molecule has 2 aromatic heterocycles. The zero-order chi connectivity index (χ0) is 16.0. The topological polar surface area (TPSA) is 94.0 Å². The number of amides is 1. The van der Waals surface area contributed by atoms with Gasteiger partial charge in [0.1, 0.15) is 0 Å². The molecule has 1 amide bonds. The van der Waals surface area contributed by atoms with Gasteiger partial charge in [0.05, 0.1) is 30.2 Å². The predicted molar refractivity (Wildman–Crippen MR) is 86.5 cm³/mol. The maximum absolute atomic E-state index is 11.6. The van der Waals surface area contributed by atoms with Gasteiger partial charge < -0.3 is 18.9 Å². The van der Waals surface area contributed by atoms with Crippen LogP contribution in [-0.4, -0.2) is 23.9 Å². The van der Waals surface area contributed by atoms with Crippen LogP contribution < -0.4 is 15.7 Å². The highest BCUT2D eigenvalue weighted by Gasteiger charge is 2.22. The quantitative estimate of drug-likeness (QED) is 0.725. The van der Waals surface area contributed by atoms with Gasteiger partial charge in [-0.2, -0.15) is 0 Å². The Labute approximate surface area is 133 Å². The molecule has 3 heterocycles. The molecule has 7 nitrogen and oxygen atoms in total. The van der Waals surface area contributed by atoms with E-state index < -0.39 is 5.63 Å². The fourth-order valence-corrected chi connectivity index (χ4v) is 3.17. The highest BCUT2D eigenvalue weighted by molar-refractivity contribution is 8.15. The van der Waals surface area contributed by atoms with Gasteiger partial charge in [-0.15, -0.1) is 0 Å². The molecule has 1 aromatic carbocycles. The van der Waals surface area contributed by atoms with Crippen LogP contribution in [0.4, 0.5) is 5.69 Å². The lowest BCUT2D eigenvalue weighted by atomic mass is 10.1. The van der Waals surface area contributed by atoms with Crippen LogP contribution in [-0.2, 0) is 4.79 Å². The first kappa shape index (κ1) is 13.9. The Hall–Kier alpha value is -2.74. The minimum Gasteiger partial charge on any atom is -0.490 e. The van der Waals surface area contributed by atoms with Gasteiger partial charge in [0.25, 0.3) is 0 Å². The summed E-state index contributed by atoms with van der Waals surface area (Å²) < 4.78 is 16.1. The van der Waals surface area contributed by atoms with E-state index in [9.17, 15) is 9.59 Å². The molecule has 0 saturated carbocycles. The number of aliphatic imine (C=N–C) groups is 1. The van der Waals surface area contributed by atoms with Gasteiger partial charge >= 0.3 is 5.63 Å². The van der Waals surface area contributed by atoms with E-state index >= 15 is 0 Å². The third kappa shape index (κ3) is 2.18. The number of carbonyl (C=O) groups excluding carboxylic acids is 1. The van der Waals surface area contributed by atoms with Crippen molar-refractivity contribution in [2.45, 2.75) is 0 Å². The molecule has 3 aromatic rings. The van der Waals surface area contributed by atoms with Gasteiger partial charge in [0.2, 0.25) is 11.7 Å². The second-order valence-corrected chi connectivity index (χ2v) is 5.76. The van der Waals surface area contributed by atoms with E-state index in [2.05, 4.69) is 10.3 Å². The number of carbonyl (C=O) groups is 1. The smallest absolute Gasteiger partial charge is 0.336 e.